The Labute approximate surface area is 193 Å². The normalized spacial score (nSPS) is 26.9. The van der Waals surface area contributed by atoms with E-state index in [9.17, 15) is 14.4 Å². The molecule has 1 saturated heterocycles. The number of benzene rings is 1. The van der Waals surface area contributed by atoms with Gasteiger partial charge in [0.2, 0.25) is 11.8 Å². The number of rotatable bonds is 7. The smallest absolute Gasteiger partial charge is 0.225 e. The predicted octanol–water partition coefficient (Wildman–Crippen LogP) is 1.63. The number of para-hydroxylation sites is 1. The van der Waals surface area contributed by atoms with Crippen LogP contribution in [-0.4, -0.2) is 53.7 Å². The lowest BCUT2D eigenvalue weighted by Crippen LogP contribution is -2.47. The molecule has 4 N–H and O–H groups in total. The van der Waals surface area contributed by atoms with Crippen LogP contribution in [0.1, 0.15) is 35.7 Å². The van der Waals surface area contributed by atoms with E-state index in [1.54, 1.807) is 43.6 Å². The Hall–Kier alpha value is -3.26. The summed E-state index contributed by atoms with van der Waals surface area (Å²) in [5.41, 5.74) is 6.49. The minimum absolute atomic E-state index is 0.0125. The van der Waals surface area contributed by atoms with Crippen LogP contribution in [0.2, 0.25) is 0 Å². The van der Waals surface area contributed by atoms with Gasteiger partial charge in [0.25, 0.3) is 0 Å². The van der Waals surface area contributed by atoms with Gasteiger partial charge in [0.1, 0.15) is 0 Å². The first-order valence-corrected chi connectivity index (χ1v) is 11.4. The summed E-state index contributed by atoms with van der Waals surface area (Å²) in [7, 11) is 2.02. The third-order valence-corrected chi connectivity index (χ3v) is 6.96. The quantitative estimate of drug-likeness (QED) is 0.437. The van der Waals surface area contributed by atoms with Gasteiger partial charge in [-0.15, -0.1) is 0 Å². The van der Waals surface area contributed by atoms with Gasteiger partial charge >= 0.3 is 0 Å². The highest BCUT2D eigenvalue weighted by Gasteiger charge is 2.72. The minimum atomic E-state index is -1.15. The maximum absolute atomic E-state index is 13.5. The van der Waals surface area contributed by atoms with Crippen molar-refractivity contribution in [1.82, 2.24) is 20.5 Å². The number of amides is 2. The maximum atomic E-state index is 13.5. The molecule has 4 atom stereocenters. The van der Waals surface area contributed by atoms with Crippen LogP contribution in [0.15, 0.2) is 48.8 Å². The number of ketones is 1. The van der Waals surface area contributed by atoms with E-state index in [1.165, 1.54) is 0 Å². The number of nitrogens with zero attached hydrogens (tertiary/aromatic N) is 2. The Bertz CT molecular complexity index is 1040. The molecule has 2 fully saturated rings. The number of pyridine rings is 1. The number of nitrogen functional groups attached to an aromatic ring is 1. The number of carbonyl (C=O) groups is 3. The number of aromatic nitrogens is 1. The maximum Gasteiger partial charge on any atom is 0.225 e. The van der Waals surface area contributed by atoms with E-state index < -0.39 is 17.3 Å². The summed E-state index contributed by atoms with van der Waals surface area (Å²) in [5, 5.41) is 5.99. The zero-order chi connectivity index (χ0) is 23.6. The molecule has 1 saturated carbocycles. The summed E-state index contributed by atoms with van der Waals surface area (Å²) in [5.74, 6) is -2.32. The van der Waals surface area contributed by atoms with Crippen molar-refractivity contribution in [3.05, 3.63) is 59.9 Å². The highest BCUT2D eigenvalue weighted by atomic mass is 16.2. The predicted molar refractivity (Wildman–Crippen MR) is 125 cm³/mol. The SMILES string of the molecule is CN1CCC[C@H](NC(=O)[C@H]2[C@@H](C(=O)NCc3ccncc3)[C@@]2(C)C(=O)c2ccccc2N)C1. The molecule has 0 unspecified atom stereocenters. The van der Waals surface area contributed by atoms with Crippen LogP contribution >= 0.6 is 0 Å². The fourth-order valence-electron chi connectivity index (χ4n) is 5.01. The van der Waals surface area contributed by atoms with E-state index in [1.807, 2.05) is 19.2 Å². The van der Waals surface area contributed by atoms with E-state index in [0.717, 1.165) is 31.5 Å². The number of hydrogen-bond acceptors (Lipinski definition) is 6. The topological polar surface area (TPSA) is 117 Å². The van der Waals surface area contributed by atoms with Gasteiger partial charge in [-0.2, -0.15) is 0 Å². The fourth-order valence-corrected chi connectivity index (χ4v) is 5.01. The average molecular weight is 450 g/mol. The zero-order valence-corrected chi connectivity index (χ0v) is 19.1. The molecule has 4 rings (SSSR count). The van der Waals surface area contributed by atoms with E-state index in [-0.39, 0.29) is 23.6 Å². The molecular weight excluding hydrogens is 418 g/mol. The molecule has 0 bridgehead atoms. The Morgan fingerprint density at radius 1 is 1.12 bits per heavy atom. The minimum Gasteiger partial charge on any atom is -0.398 e. The number of Topliss-reactive ketones (excluding diaryl/α,β-unsaturated/α-hetero) is 1. The van der Waals surface area contributed by atoms with Crippen LogP contribution < -0.4 is 16.4 Å². The lowest BCUT2D eigenvalue weighted by Gasteiger charge is -2.30. The van der Waals surface area contributed by atoms with Crippen LogP contribution in [0.5, 0.6) is 0 Å². The number of anilines is 1. The molecule has 1 aliphatic carbocycles. The Kier molecular flexibility index (Phi) is 6.47. The molecular formula is C25H31N5O3. The fraction of sp³-hybridized carbons (Fsp3) is 0.440. The number of nitrogens with one attached hydrogen (secondary N) is 2. The van der Waals surface area contributed by atoms with Crippen molar-refractivity contribution in [2.24, 2.45) is 17.3 Å². The molecule has 1 aliphatic heterocycles. The summed E-state index contributed by atoms with van der Waals surface area (Å²) >= 11 is 0. The molecule has 2 amide bonds. The molecule has 0 radical (unpaired) electrons. The molecule has 174 valence electrons. The van der Waals surface area contributed by atoms with Crippen molar-refractivity contribution in [2.45, 2.75) is 32.4 Å². The standard InChI is InChI=1S/C25H31N5O3/c1-25(22(31)18-7-3-4-8-19(18)26)20(23(32)28-14-16-9-11-27-12-10-16)21(25)24(33)29-17-6-5-13-30(2)15-17/h3-4,7-12,17,20-21H,5-6,13-15,26H2,1-2H3,(H,28,32)(H,29,33)/t17-,20-,21+,25+/m0/s1. The molecule has 0 spiro atoms. The van der Waals surface area contributed by atoms with E-state index in [4.69, 9.17) is 5.73 Å². The molecule has 1 aromatic heterocycles. The number of piperidine rings is 1. The molecule has 2 aromatic rings. The van der Waals surface area contributed by atoms with Crippen molar-refractivity contribution in [3.63, 3.8) is 0 Å². The van der Waals surface area contributed by atoms with Gasteiger partial charge in [-0.3, -0.25) is 19.4 Å². The molecule has 2 aliphatic rings. The number of carbonyl (C=O) groups excluding carboxylic acids is 3. The Morgan fingerprint density at radius 2 is 1.82 bits per heavy atom. The van der Waals surface area contributed by atoms with Crippen LogP contribution in [0.25, 0.3) is 0 Å². The highest BCUT2D eigenvalue weighted by molar-refractivity contribution is 6.14. The number of likely N-dealkylation sites (N-methyl/N-ethyl adjacent to an activating group) is 1. The van der Waals surface area contributed by atoms with E-state index >= 15 is 0 Å². The van der Waals surface area contributed by atoms with Crippen molar-refractivity contribution in [1.29, 1.82) is 0 Å². The van der Waals surface area contributed by atoms with Crippen LogP contribution in [0.4, 0.5) is 5.69 Å². The first-order valence-electron chi connectivity index (χ1n) is 11.4. The van der Waals surface area contributed by atoms with Gasteiger partial charge in [-0.25, -0.2) is 0 Å². The first kappa shape index (κ1) is 22.9. The van der Waals surface area contributed by atoms with Crippen molar-refractivity contribution in [2.75, 3.05) is 25.9 Å². The second kappa shape index (κ2) is 9.31. The molecule has 8 heteroatoms. The largest absolute Gasteiger partial charge is 0.398 e. The second-order valence-corrected chi connectivity index (χ2v) is 9.34. The van der Waals surface area contributed by atoms with E-state index in [2.05, 4.69) is 20.5 Å². The summed E-state index contributed by atoms with van der Waals surface area (Å²) in [6.45, 7) is 3.76. The first-order chi connectivity index (χ1) is 15.8. The third-order valence-electron chi connectivity index (χ3n) is 6.96. The average Bonchev–Trinajstić information content (AvgIpc) is 3.45. The number of nitrogens with two attached hydrogens (primary N) is 1. The summed E-state index contributed by atoms with van der Waals surface area (Å²) in [6, 6.07) is 10.4. The van der Waals surface area contributed by atoms with Gasteiger partial charge in [-0.1, -0.05) is 19.1 Å². The lowest BCUT2D eigenvalue weighted by atomic mass is 9.91. The van der Waals surface area contributed by atoms with Gasteiger partial charge in [0, 0.05) is 42.8 Å². The molecule has 1 aromatic carbocycles. The van der Waals surface area contributed by atoms with Gasteiger partial charge in [-0.05, 0) is 56.3 Å². The summed E-state index contributed by atoms with van der Waals surface area (Å²) in [4.78, 5) is 46.2. The van der Waals surface area contributed by atoms with E-state index in [0.29, 0.717) is 17.8 Å². The second-order valence-electron chi connectivity index (χ2n) is 9.34. The Morgan fingerprint density at radius 3 is 2.52 bits per heavy atom. The zero-order valence-electron chi connectivity index (χ0n) is 19.1. The summed E-state index contributed by atoms with van der Waals surface area (Å²) in [6.07, 6.45) is 5.19. The molecule has 33 heavy (non-hydrogen) atoms. The number of hydrogen-bond donors (Lipinski definition) is 3. The molecule has 8 nitrogen and oxygen atoms in total. The Balaban J connectivity index is 1.54. The van der Waals surface area contributed by atoms with Crippen molar-refractivity contribution >= 4 is 23.3 Å². The number of likely N-dealkylation sites (tertiary alicyclic amines) is 1. The van der Waals surface area contributed by atoms with Crippen LogP contribution in [-0.2, 0) is 16.1 Å². The van der Waals surface area contributed by atoms with Gasteiger partial charge in [0.15, 0.2) is 5.78 Å². The van der Waals surface area contributed by atoms with Gasteiger partial charge < -0.3 is 21.3 Å². The third kappa shape index (κ3) is 4.61. The van der Waals surface area contributed by atoms with Crippen LogP contribution in [0, 0.1) is 17.3 Å². The van der Waals surface area contributed by atoms with Crippen molar-refractivity contribution in [3.8, 4) is 0 Å². The highest BCUT2D eigenvalue weighted by Crippen LogP contribution is 2.60. The van der Waals surface area contributed by atoms with Crippen molar-refractivity contribution < 1.29 is 14.4 Å². The monoisotopic (exact) mass is 449 g/mol. The molecule has 2 heterocycles. The van der Waals surface area contributed by atoms with Crippen LogP contribution in [0.3, 0.4) is 0 Å². The van der Waals surface area contributed by atoms with Gasteiger partial charge in [0.05, 0.1) is 17.3 Å². The summed E-state index contributed by atoms with van der Waals surface area (Å²) < 4.78 is 0. The lowest BCUT2D eigenvalue weighted by molar-refractivity contribution is -0.127.